The summed E-state index contributed by atoms with van der Waals surface area (Å²) in [6.07, 6.45) is 4.95. The van der Waals surface area contributed by atoms with Gasteiger partial charge in [0, 0.05) is 18.0 Å². The minimum Gasteiger partial charge on any atom is -0.349 e. The summed E-state index contributed by atoms with van der Waals surface area (Å²) in [5, 5.41) is 3.16. The molecule has 28 heavy (non-hydrogen) atoms. The number of thioether (sulfide) groups is 1. The van der Waals surface area contributed by atoms with Gasteiger partial charge in [-0.3, -0.25) is 14.0 Å². The molecule has 2 aromatic heterocycles. The van der Waals surface area contributed by atoms with Crippen molar-refractivity contribution in [2.24, 2.45) is 0 Å². The molecule has 2 heterocycles. The molecular weight excluding hydrogens is 370 g/mol. The topological polar surface area (TPSA) is 63.5 Å². The van der Waals surface area contributed by atoms with Gasteiger partial charge in [0.05, 0.1) is 17.5 Å². The third-order valence-corrected chi connectivity index (χ3v) is 6.01. The molecule has 1 aliphatic carbocycles. The minimum atomic E-state index is -0.0902. The minimum absolute atomic E-state index is 0.0276. The summed E-state index contributed by atoms with van der Waals surface area (Å²) in [7, 11) is 0. The van der Waals surface area contributed by atoms with E-state index in [1.54, 1.807) is 16.7 Å². The zero-order chi connectivity index (χ0) is 19.5. The maximum absolute atomic E-state index is 12.4. The second-order valence-electron chi connectivity index (χ2n) is 7.22. The second kappa shape index (κ2) is 8.19. The van der Waals surface area contributed by atoms with Crippen LogP contribution in [0.3, 0.4) is 0 Å². The Bertz CT molecular complexity index is 1080. The molecule has 1 amide bonds. The lowest BCUT2D eigenvalue weighted by Crippen LogP contribution is -2.32. The Morgan fingerprint density at radius 3 is 3.04 bits per heavy atom. The first kappa shape index (κ1) is 18.7. The van der Waals surface area contributed by atoms with E-state index in [4.69, 9.17) is 0 Å². The summed E-state index contributed by atoms with van der Waals surface area (Å²) < 4.78 is 1.55. The lowest BCUT2D eigenvalue weighted by molar-refractivity contribution is -0.119. The highest BCUT2D eigenvalue weighted by molar-refractivity contribution is 7.99. The number of aromatic nitrogens is 2. The van der Waals surface area contributed by atoms with Crippen molar-refractivity contribution in [2.75, 3.05) is 5.75 Å². The van der Waals surface area contributed by atoms with Gasteiger partial charge in [-0.05, 0) is 48.9 Å². The molecule has 6 heteroatoms. The van der Waals surface area contributed by atoms with Crippen LogP contribution >= 0.6 is 11.8 Å². The van der Waals surface area contributed by atoms with E-state index in [0.29, 0.717) is 22.8 Å². The first-order chi connectivity index (χ1) is 13.6. The number of benzene rings is 1. The summed E-state index contributed by atoms with van der Waals surface area (Å²) in [5.41, 5.74) is 4.84. The Hall–Kier alpha value is -2.60. The summed E-state index contributed by atoms with van der Waals surface area (Å²) in [5.74, 6) is 0.918. The molecule has 0 bridgehead atoms. The normalized spacial score (nSPS) is 16.0. The average molecular weight is 394 g/mol. The largest absolute Gasteiger partial charge is 0.349 e. The smallest absolute Gasteiger partial charge is 0.258 e. The van der Waals surface area contributed by atoms with Crippen LogP contribution in [0, 0.1) is 6.92 Å². The number of hydrogen-bond acceptors (Lipinski definition) is 4. The Morgan fingerprint density at radius 2 is 2.14 bits per heavy atom. The van der Waals surface area contributed by atoms with Crippen LogP contribution < -0.4 is 10.9 Å². The molecular formula is C22H23N3O2S. The Labute approximate surface area is 168 Å². The van der Waals surface area contributed by atoms with E-state index >= 15 is 0 Å². The van der Waals surface area contributed by atoms with E-state index in [1.807, 2.05) is 25.1 Å². The molecule has 5 nitrogen and oxygen atoms in total. The fraction of sp³-hybridized carbons (Fsp3) is 0.318. The first-order valence-electron chi connectivity index (χ1n) is 9.54. The summed E-state index contributed by atoms with van der Waals surface area (Å²) >= 11 is 1.48. The second-order valence-corrected chi connectivity index (χ2v) is 8.21. The fourth-order valence-electron chi connectivity index (χ4n) is 3.72. The zero-order valence-corrected chi connectivity index (χ0v) is 16.7. The highest BCUT2D eigenvalue weighted by atomic mass is 32.2. The van der Waals surface area contributed by atoms with Gasteiger partial charge in [0.25, 0.3) is 5.56 Å². The highest BCUT2D eigenvalue weighted by Crippen LogP contribution is 2.29. The third kappa shape index (κ3) is 4.12. The number of carbonyl (C=O) groups is 1. The van der Waals surface area contributed by atoms with E-state index in [-0.39, 0.29) is 17.5 Å². The van der Waals surface area contributed by atoms with Crippen molar-refractivity contribution in [3.63, 3.8) is 0 Å². The summed E-state index contributed by atoms with van der Waals surface area (Å²) in [6, 6.07) is 13.8. The number of rotatable bonds is 5. The van der Waals surface area contributed by atoms with Gasteiger partial charge in [0.15, 0.2) is 0 Å². The van der Waals surface area contributed by atoms with Crippen molar-refractivity contribution in [2.45, 2.75) is 38.0 Å². The van der Waals surface area contributed by atoms with Gasteiger partial charge in [-0.15, -0.1) is 11.8 Å². The molecule has 0 radical (unpaired) electrons. The zero-order valence-electron chi connectivity index (χ0n) is 15.9. The number of aryl methyl sites for hydroxylation is 2. The van der Waals surface area contributed by atoms with Crippen molar-refractivity contribution in [1.82, 2.24) is 14.7 Å². The van der Waals surface area contributed by atoms with Crippen LogP contribution in [0.2, 0.25) is 0 Å². The molecule has 0 saturated heterocycles. The molecule has 0 spiro atoms. The number of carbonyl (C=O) groups excluding carboxylic acids is 1. The van der Waals surface area contributed by atoms with Gasteiger partial charge in [0.2, 0.25) is 5.91 Å². The summed E-state index contributed by atoms with van der Waals surface area (Å²) in [6.45, 7) is 1.94. The van der Waals surface area contributed by atoms with Gasteiger partial charge in [0.1, 0.15) is 5.65 Å². The van der Waals surface area contributed by atoms with E-state index in [1.165, 1.54) is 22.9 Å². The molecule has 0 saturated carbocycles. The van der Waals surface area contributed by atoms with E-state index in [0.717, 1.165) is 24.8 Å². The molecule has 144 valence electrons. The molecule has 1 atom stereocenters. The fourth-order valence-corrected chi connectivity index (χ4v) is 4.45. The number of amides is 1. The molecule has 1 aliphatic rings. The van der Waals surface area contributed by atoms with Gasteiger partial charge < -0.3 is 5.32 Å². The van der Waals surface area contributed by atoms with Gasteiger partial charge >= 0.3 is 0 Å². The van der Waals surface area contributed by atoms with Crippen LogP contribution in [0.1, 0.15) is 41.3 Å². The van der Waals surface area contributed by atoms with Crippen LogP contribution in [0.15, 0.2) is 53.5 Å². The monoisotopic (exact) mass is 393 g/mol. The Kier molecular flexibility index (Phi) is 5.48. The molecule has 1 aromatic carbocycles. The van der Waals surface area contributed by atoms with Crippen molar-refractivity contribution < 1.29 is 4.79 Å². The lowest BCUT2D eigenvalue weighted by Gasteiger charge is -2.26. The van der Waals surface area contributed by atoms with Gasteiger partial charge in [-0.25, -0.2) is 4.98 Å². The molecule has 0 unspecified atom stereocenters. The standard InChI is InChI=1S/C22H23N3O2S/c1-15-9-10-20-23-17(11-22(27)25(20)12-15)13-28-14-21(26)24-19-8-4-6-16-5-2-3-7-18(16)19/h2-3,5,7,9-12,19H,4,6,8,13-14H2,1H3,(H,24,26)/t19-/m1/s1. The lowest BCUT2D eigenvalue weighted by atomic mass is 9.88. The van der Waals surface area contributed by atoms with Gasteiger partial charge in [-0.1, -0.05) is 30.3 Å². The van der Waals surface area contributed by atoms with Crippen molar-refractivity contribution in [3.05, 3.63) is 81.4 Å². The predicted octanol–water partition coefficient (Wildman–Crippen LogP) is 3.43. The van der Waals surface area contributed by atoms with E-state index in [9.17, 15) is 9.59 Å². The number of pyridine rings is 1. The number of fused-ring (bicyclic) bond motifs is 2. The number of nitrogens with one attached hydrogen (secondary N) is 1. The first-order valence-corrected chi connectivity index (χ1v) is 10.7. The number of hydrogen-bond donors (Lipinski definition) is 1. The van der Waals surface area contributed by atoms with Crippen LogP contribution in [0.25, 0.3) is 5.65 Å². The Balaban J connectivity index is 1.36. The third-order valence-electron chi connectivity index (χ3n) is 5.05. The van der Waals surface area contributed by atoms with Crippen molar-refractivity contribution >= 4 is 23.3 Å². The molecule has 3 aromatic rings. The van der Waals surface area contributed by atoms with Crippen molar-refractivity contribution in [1.29, 1.82) is 0 Å². The maximum atomic E-state index is 12.4. The summed E-state index contributed by atoms with van der Waals surface area (Å²) in [4.78, 5) is 29.2. The van der Waals surface area contributed by atoms with Crippen LogP contribution in [-0.2, 0) is 17.0 Å². The van der Waals surface area contributed by atoms with Gasteiger partial charge in [-0.2, -0.15) is 0 Å². The predicted molar refractivity (Wildman–Crippen MR) is 113 cm³/mol. The maximum Gasteiger partial charge on any atom is 0.258 e. The van der Waals surface area contributed by atoms with Crippen LogP contribution in [0.4, 0.5) is 0 Å². The van der Waals surface area contributed by atoms with Crippen LogP contribution in [0.5, 0.6) is 0 Å². The molecule has 4 rings (SSSR count). The molecule has 0 fully saturated rings. The van der Waals surface area contributed by atoms with E-state index < -0.39 is 0 Å². The SMILES string of the molecule is Cc1ccc2nc(CSCC(=O)N[C@@H]3CCCc4ccccc43)cc(=O)n2c1. The van der Waals surface area contributed by atoms with Crippen molar-refractivity contribution in [3.8, 4) is 0 Å². The Morgan fingerprint density at radius 1 is 1.29 bits per heavy atom. The quantitative estimate of drug-likeness (QED) is 0.721. The highest BCUT2D eigenvalue weighted by Gasteiger charge is 2.21. The van der Waals surface area contributed by atoms with E-state index in [2.05, 4.69) is 28.5 Å². The average Bonchev–Trinajstić information content (AvgIpc) is 2.69. The molecule has 1 N–H and O–H groups in total. The van der Waals surface area contributed by atoms with Crippen LogP contribution in [-0.4, -0.2) is 21.0 Å². The number of nitrogens with zero attached hydrogens (tertiary/aromatic N) is 2. The molecule has 0 aliphatic heterocycles.